The maximum Gasteiger partial charge on any atom is 0.152 e. The van der Waals surface area contributed by atoms with E-state index in [1.165, 1.54) is 11.6 Å². The van der Waals surface area contributed by atoms with E-state index in [1.807, 2.05) is 47.0 Å². The molecule has 31 heavy (non-hydrogen) atoms. The molecular weight excluding hydrogens is 393 g/mol. The Hall–Kier alpha value is -3.32. The molecular formula is C24H26FN5O. The summed E-state index contributed by atoms with van der Waals surface area (Å²) in [7, 11) is 4.08. The minimum atomic E-state index is -0.394. The number of hydrogen-bond acceptors (Lipinski definition) is 5. The normalized spacial score (nSPS) is 11.5. The molecule has 0 amide bonds. The van der Waals surface area contributed by atoms with E-state index >= 15 is 0 Å². The van der Waals surface area contributed by atoms with Gasteiger partial charge in [0.1, 0.15) is 22.6 Å². The summed E-state index contributed by atoms with van der Waals surface area (Å²) < 4.78 is 21.9. The lowest BCUT2D eigenvalue weighted by atomic mass is 10.1. The number of benzene rings is 2. The van der Waals surface area contributed by atoms with Crippen molar-refractivity contribution in [1.29, 1.82) is 0 Å². The first kappa shape index (κ1) is 20.9. The van der Waals surface area contributed by atoms with Crippen LogP contribution in [-0.4, -0.2) is 45.6 Å². The zero-order valence-corrected chi connectivity index (χ0v) is 18.5. The number of aromatic nitrogens is 4. The highest BCUT2D eigenvalue weighted by atomic mass is 19.1. The number of rotatable bonds is 6. The van der Waals surface area contributed by atoms with Gasteiger partial charge in [0.25, 0.3) is 0 Å². The third-order valence-electron chi connectivity index (χ3n) is 5.19. The highest BCUT2D eigenvalue weighted by molar-refractivity contribution is 5.94. The molecule has 4 rings (SSSR count). The molecule has 160 valence electrons. The number of hydrogen-bond donors (Lipinski definition) is 0. The number of fused-ring (bicyclic) bond motifs is 1. The monoisotopic (exact) mass is 419 g/mol. The van der Waals surface area contributed by atoms with Gasteiger partial charge in [0.2, 0.25) is 0 Å². The number of halogens is 1. The molecule has 0 saturated heterocycles. The van der Waals surface area contributed by atoms with Gasteiger partial charge >= 0.3 is 0 Å². The molecule has 6 nitrogen and oxygen atoms in total. The fraction of sp³-hybridized carbons (Fsp3) is 0.292. The molecule has 0 radical (unpaired) electrons. The zero-order valence-electron chi connectivity index (χ0n) is 18.5. The van der Waals surface area contributed by atoms with Gasteiger partial charge in [-0.2, -0.15) is 10.2 Å². The van der Waals surface area contributed by atoms with Crippen molar-refractivity contribution in [1.82, 2.24) is 24.9 Å². The zero-order chi connectivity index (χ0) is 22.1. The van der Waals surface area contributed by atoms with Gasteiger partial charge in [-0.05, 0) is 52.6 Å². The van der Waals surface area contributed by atoms with Crippen molar-refractivity contribution in [2.24, 2.45) is 0 Å². The predicted octanol–water partition coefficient (Wildman–Crippen LogP) is 4.70. The first-order chi connectivity index (χ1) is 14.9. The Kier molecular flexibility index (Phi) is 5.69. The molecule has 2 aromatic carbocycles. The van der Waals surface area contributed by atoms with Gasteiger partial charge in [-0.3, -0.25) is 0 Å². The van der Waals surface area contributed by atoms with Crippen LogP contribution >= 0.6 is 0 Å². The Bertz CT molecular complexity index is 1230. The number of nitrogens with zero attached hydrogens (tertiary/aromatic N) is 5. The van der Waals surface area contributed by atoms with Gasteiger partial charge in [-0.25, -0.2) is 9.07 Å². The molecule has 0 aliphatic rings. The topological polar surface area (TPSA) is 56.1 Å². The second-order valence-corrected chi connectivity index (χ2v) is 7.84. The van der Waals surface area contributed by atoms with Crippen LogP contribution in [-0.2, 0) is 6.54 Å². The van der Waals surface area contributed by atoms with E-state index in [2.05, 4.69) is 27.2 Å². The molecule has 0 unspecified atom stereocenters. The van der Waals surface area contributed by atoms with Crippen molar-refractivity contribution in [3.8, 4) is 22.7 Å². The van der Waals surface area contributed by atoms with Gasteiger partial charge in [-0.1, -0.05) is 24.3 Å². The summed E-state index contributed by atoms with van der Waals surface area (Å²) in [6, 6.07) is 13.1. The lowest BCUT2D eigenvalue weighted by Gasteiger charge is -2.10. The van der Waals surface area contributed by atoms with Crippen LogP contribution in [0.2, 0.25) is 0 Å². The maximum atomic E-state index is 14.9. The smallest absolute Gasteiger partial charge is 0.152 e. The minimum Gasteiger partial charge on any atom is -0.494 e. The second kappa shape index (κ2) is 8.43. The van der Waals surface area contributed by atoms with Gasteiger partial charge in [0, 0.05) is 23.6 Å². The number of aryl methyl sites for hydroxylation is 2. The highest BCUT2D eigenvalue weighted by Crippen LogP contribution is 2.31. The van der Waals surface area contributed by atoms with Crippen LogP contribution in [0.25, 0.3) is 27.8 Å². The Labute approximate surface area is 181 Å². The van der Waals surface area contributed by atoms with E-state index in [0.717, 1.165) is 28.9 Å². The molecule has 2 aromatic heterocycles. The Morgan fingerprint density at radius 2 is 1.77 bits per heavy atom. The maximum absolute atomic E-state index is 14.9. The van der Waals surface area contributed by atoms with Crippen LogP contribution in [0, 0.1) is 19.7 Å². The van der Waals surface area contributed by atoms with E-state index in [-0.39, 0.29) is 0 Å². The molecule has 0 aliphatic carbocycles. The molecule has 0 atom stereocenters. The third-order valence-corrected chi connectivity index (χ3v) is 5.19. The summed E-state index contributed by atoms with van der Waals surface area (Å²) in [6.07, 6.45) is 0. The molecule has 0 saturated carbocycles. The van der Waals surface area contributed by atoms with Crippen LogP contribution in [0.1, 0.15) is 23.9 Å². The fourth-order valence-corrected chi connectivity index (χ4v) is 3.80. The van der Waals surface area contributed by atoms with Crippen LogP contribution in [0.15, 0.2) is 42.5 Å². The van der Waals surface area contributed by atoms with E-state index in [0.29, 0.717) is 29.3 Å². The van der Waals surface area contributed by atoms with Gasteiger partial charge in [0.15, 0.2) is 5.82 Å². The first-order valence-corrected chi connectivity index (χ1v) is 10.3. The molecule has 4 aromatic rings. The highest BCUT2D eigenvalue weighted by Gasteiger charge is 2.19. The summed E-state index contributed by atoms with van der Waals surface area (Å²) in [5, 5.41) is 14.4. The van der Waals surface area contributed by atoms with Crippen LogP contribution in [0.3, 0.4) is 0 Å². The molecule has 2 heterocycles. The van der Waals surface area contributed by atoms with Gasteiger partial charge in [0.05, 0.1) is 18.0 Å². The minimum absolute atomic E-state index is 0.365. The fourth-order valence-electron chi connectivity index (χ4n) is 3.80. The van der Waals surface area contributed by atoms with Crippen LogP contribution < -0.4 is 4.74 Å². The molecule has 0 spiro atoms. The van der Waals surface area contributed by atoms with E-state index in [4.69, 9.17) is 9.84 Å². The Morgan fingerprint density at radius 1 is 1.03 bits per heavy atom. The summed E-state index contributed by atoms with van der Waals surface area (Å²) >= 11 is 0. The average Bonchev–Trinajstić information content (AvgIpc) is 3.07. The van der Waals surface area contributed by atoms with E-state index in [1.54, 1.807) is 16.8 Å². The SMILES string of the molecule is CCOc1ccc(-n2nc3c(-c4ccc(CN(C)C)cc4)nnc(C)c3c2C)c(F)c1. The second-order valence-electron chi connectivity index (χ2n) is 7.84. The molecule has 0 bridgehead atoms. The predicted molar refractivity (Wildman–Crippen MR) is 120 cm³/mol. The van der Waals surface area contributed by atoms with Crippen LogP contribution in [0.5, 0.6) is 5.75 Å². The van der Waals surface area contributed by atoms with Crippen molar-refractivity contribution in [3.63, 3.8) is 0 Å². The Balaban J connectivity index is 1.83. The van der Waals surface area contributed by atoms with E-state index < -0.39 is 5.82 Å². The largest absolute Gasteiger partial charge is 0.494 e. The molecule has 0 N–H and O–H groups in total. The summed E-state index contributed by atoms with van der Waals surface area (Å²) in [5.41, 5.74) is 5.47. The molecule has 0 fully saturated rings. The Morgan fingerprint density at radius 3 is 2.42 bits per heavy atom. The van der Waals surface area contributed by atoms with Crippen molar-refractivity contribution in [2.45, 2.75) is 27.3 Å². The van der Waals surface area contributed by atoms with Crippen LogP contribution in [0.4, 0.5) is 4.39 Å². The summed E-state index contributed by atoms with van der Waals surface area (Å²) in [6.45, 7) is 7.03. The lowest BCUT2D eigenvalue weighted by Crippen LogP contribution is -2.10. The van der Waals surface area contributed by atoms with Crippen molar-refractivity contribution >= 4 is 10.9 Å². The van der Waals surface area contributed by atoms with Crippen molar-refractivity contribution in [2.75, 3.05) is 20.7 Å². The summed E-state index contributed by atoms with van der Waals surface area (Å²) in [4.78, 5) is 2.12. The average molecular weight is 420 g/mol. The lowest BCUT2D eigenvalue weighted by molar-refractivity contribution is 0.338. The van der Waals surface area contributed by atoms with Crippen molar-refractivity contribution < 1.29 is 9.13 Å². The van der Waals surface area contributed by atoms with Gasteiger partial charge in [-0.15, -0.1) is 5.10 Å². The van der Waals surface area contributed by atoms with Crippen molar-refractivity contribution in [3.05, 3.63) is 65.2 Å². The van der Waals surface area contributed by atoms with Gasteiger partial charge < -0.3 is 9.64 Å². The summed E-state index contributed by atoms with van der Waals surface area (Å²) in [5.74, 6) is 0.103. The molecule has 7 heteroatoms. The quantitative estimate of drug-likeness (QED) is 0.453. The number of ether oxygens (including phenoxy) is 1. The third kappa shape index (κ3) is 4.01. The van der Waals surface area contributed by atoms with E-state index in [9.17, 15) is 4.39 Å². The standard InChI is InChI=1S/C24H26FN5O/c1-6-31-19-11-12-21(20(25)13-19)30-16(3)22-15(2)26-27-23(24(22)28-30)18-9-7-17(8-10-18)14-29(4)5/h7-13H,6,14H2,1-5H3. The molecule has 0 aliphatic heterocycles. The first-order valence-electron chi connectivity index (χ1n) is 10.3.